The molecule has 1 aliphatic heterocycles. The predicted molar refractivity (Wildman–Crippen MR) is 65.3 cm³/mol. The highest BCUT2D eigenvalue weighted by molar-refractivity contribution is 8.00. The van der Waals surface area contributed by atoms with Gasteiger partial charge in [0.25, 0.3) is 0 Å². The van der Waals surface area contributed by atoms with Crippen molar-refractivity contribution in [2.24, 2.45) is 5.73 Å². The van der Waals surface area contributed by atoms with Crippen molar-refractivity contribution in [3.8, 4) is 5.75 Å². The predicted octanol–water partition coefficient (Wildman–Crippen LogP) is 2.86. The van der Waals surface area contributed by atoms with Crippen LogP contribution in [0.2, 0.25) is 0 Å². The average molecular weight is 241 g/mol. The quantitative estimate of drug-likeness (QED) is 0.821. The monoisotopic (exact) mass is 241 g/mol. The Morgan fingerprint density at radius 3 is 2.81 bits per heavy atom. The van der Waals surface area contributed by atoms with Crippen molar-refractivity contribution in [3.63, 3.8) is 0 Å². The number of fused-ring (bicyclic) bond motifs is 1. The van der Waals surface area contributed by atoms with Crippen molar-refractivity contribution in [2.45, 2.75) is 30.4 Å². The van der Waals surface area contributed by atoms with Gasteiger partial charge in [0.2, 0.25) is 0 Å². The smallest absolute Gasteiger partial charge is 0.128 e. The van der Waals surface area contributed by atoms with Crippen LogP contribution in [0.3, 0.4) is 0 Å². The maximum absolute atomic E-state index is 13.8. The molecule has 4 heteroatoms. The summed E-state index contributed by atoms with van der Waals surface area (Å²) in [5, 5.41) is 0. The lowest BCUT2D eigenvalue weighted by Crippen LogP contribution is -2.37. The van der Waals surface area contributed by atoms with Crippen LogP contribution in [0.5, 0.6) is 5.75 Å². The zero-order chi connectivity index (χ0) is 11.9. The topological polar surface area (TPSA) is 35.2 Å². The van der Waals surface area contributed by atoms with Crippen molar-refractivity contribution in [1.29, 1.82) is 0 Å². The summed E-state index contributed by atoms with van der Waals surface area (Å²) in [5.41, 5.74) is 7.65. The molecule has 88 valence electrons. The van der Waals surface area contributed by atoms with Gasteiger partial charge in [-0.05, 0) is 26.0 Å². The third-order valence-corrected chi connectivity index (χ3v) is 4.56. The molecular formula is C12H16FNOS. The Morgan fingerprint density at radius 1 is 1.50 bits per heavy atom. The van der Waals surface area contributed by atoms with Crippen LogP contribution >= 0.6 is 11.8 Å². The molecule has 0 bridgehead atoms. The molecule has 0 aliphatic carbocycles. The van der Waals surface area contributed by atoms with Crippen LogP contribution < -0.4 is 10.5 Å². The number of thioether (sulfide) groups is 1. The second-order valence-electron chi connectivity index (χ2n) is 4.51. The minimum Gasteiger partial charge on any atom is -0.496 e. The van der Waals surface area contributed by atoms with Crippen molar-refractivity contribution >= 4 is 11.8 Å². The van der Waals surface area contributed by atoms with Crippen molar-refractivity contribution < 1.29 is 9.13 Å². The van der Waals surface area contributed by atoms with Gasteiger partial charge >= 0.3 is 0 Å². The first-order valence-corrected chi connectivity index (χ1v) is 6.20. The summed E-state index contributed by atoms with van der Waals surface area (Å²) in [6.45, 7) is 4.09. The number of nitrogens with two attached hydrogens (primary N) is 1. The number of benzene rings is 1. The van der Waals surface area contributed by atoms with E-state index in [0.29, 0.717) is 5.56 Å². The minimum atomic E-state index is -0.295. The molecule has 0 spiro atoms. The Bertz CT molecular complexity index is 420. The van der Waals surface area contributed by atoms with E-state index in [2.05, 4.69) is 0 Å². The zero-order valence-corrected chi connectivity index (χ0v) is 10.5. The molecule has 1 atom stereocenters. The van der Waals surface area contributed by atoms with Gasteiger partial charge in [-0.15, -0.1) is 11.8 Å². The molecule has 0 saturated carbocycles. The van der Waals surface area contributed by atoms with Crippen molar-refractivity contribution in [3.05, 3.63) is 29.1 Å². The minimum absolute atomic E-state index is 0.139. The normalized spacial score (nSPS) is 22.7. The van der Waals surface area contributed by atoms with Gasteiger partial charge < -0.3 is 10.5 Å². The summed E-state index contributed by atoms with van der Waals surface area (Å²) < 4.78 is 18.9. The molecule has 0 aromatic heterocycles. The lowest BCUT2D eigenvalue weighted by molar-refractivity contribution is 0.404. The highest BCUT2D eigenvalue weighted by Crippen LogP contribution is 2.47. The van der Waals surface area contributed by atoms with Crippen LogP contribution in [0.4, 0.5) is 4.39 Å². The first-order chi connectivity index (χ1) is 7.47. The van der Waals surface area contributed by atoms with Gasteiger partial charge in [0.1, 0.15) is 11.6 Å². The van der Waals surface area contributed by atoms with E-state index in [-0.39, 0.29) is 16.6 Å². The number of methoxy groups -OCH3 is 1. The number of hydrogen-bond acceptors (Lipinski definition) is 3. The number of halogens is 1. The molecular weight excluding hydrogens is 225 g/mol. The molecule has 0 amide bonds. The van der Waals surface area contributed by atoms with E-state index in [4.69, 9.17) is 10.5 Å². The van der Waals surface area contributed by atoms with Crippen molar-refractivity contribution in [1.82, 2.24) is 0 Å². The maximum Gasteiger partial charge on any atom is 0.128 e. The lowest BCUT2D eigenvalue weighted by atomic mass is 9.91. The van der Waals surface area contributed by atoms with Crippen LogP contribution in [-0.4, -0.2) is 11.9 Å². The summed E-state index contributed by atoms with van der Waals surface area (Å²) in [7, 11) is 1.60. The van der Waals surface area contributed by atoms with E-state index in [9.17, 15) is 4.39 Å². The van der Waals surface area contributed by atoms with Crippen LogP contribution in [0.25, 0.3) is 0 Å². The Morgan fingerprint density at radius 2 is 2.19 bits per heavy atom. The van der Waals surface area contributed by atoms with Gasteiger partial charge in [-0.1, -0.05) is 0 Å². The van der Waals surface area contributed by atoms with Gasteiger partial charge in [0, 0.05) is 27.7 Å². The number of hydrogen-bond donors (Lipinski definition) is 1. The number of ether oxygens (including phenoxy) is 1. The summed E-state index contributed by atoms with van der Waals surface area (Å²) in [6, 6.07) is 2.81. The molecule has 2 nitrogen and oxygen atoms in total. The van der Waals surface area contributed by atoms with Gasteiger partial charge in [0.15, 0.2) is 0 Å². The third-order valence-electron chi connectivity index (χ3n) is 3.13. The average Bonchev–Trinajstić information content (AvgIpc) is 2.24. The van der Waals surface area contributed by atoms with Gasteiger partial charge in [-0.3, -0.25) is 0 Å². The standard InChI is InChI=1S/C12H16FNOS/c1-12(2)11(14)10-7(6-16-12)9(15-3)5-4-8(10)13/h4-5,11H,6,14H2,1-3H3. The van der Waals surface area contributed by atoms with Crippen LogP contribution in [0.15, 0.2) is 12.1 Å². The molecule has 2 rings (SSSR count). The van der Waals surface area contributed by atoms with Crippen LogP contribution in [0.1, 0.15) is 31.0 Å². The van der Waals surface area contributed by atoms with Crippen LogP contribution in [-0.2, 0) is 5.75 Å². The first kappa shape index (κ1) is 11.7. The fourth-order valence-corrected chi connectivity index (χ4v) is 3.10. The maximum atomic E-state index is 13.8. The fraction of sp³-hybridized carbons (Fsp3) is 0.500. The Labute approximate surface area is 99.4 Å². The molecule has 16 heavy (non-hydrogen) atoms. The second kappa shape index (κ2) is 3.93. The Kier molecular flexibility index (Phi) is 2.88. The highest BCUT2D eigenvalue weighted by Gasteiger charge is 2.37. The third kappa shape index (κ3) is 1.70. The molecule has 1 unspecified atom stereocenters. The molecule has 0 fully saturated rings. The summed E-state index contributed by atoms with van der Waals surface area (Å²) in [5.74, 6) is 1.25. The molecule has 1 aromatic carbocycles. The Balaban J connectivity index is 2.59. The summed E-state index contributed by atoms with van der Waals surface area (Å²) in [6.07, 6.45) is 0. The largest absolute Gasteiger partial charge is 0.496 e. The van der Waals surface area contributed by atoms with E-state index >= 15 is 0 Å². The van der Waals surface area contributed by atoms with Crippen LogP contribution in [0, 0.1) is 5.82 Å². The zero-order valence-electron chi connectivity index (χ0n) is 9.71. The van der Waals surface area contributed by atoms with Crippen molar-refractivity contribution in [2.75, 3.05) is 7.11 Å². The SMILES string of the molecule is COc1ccc(F)c2c1CSC(C)(C)C2N. The molecule has 1 aliphatic rings. The summed E-state index contributed by atoms with van der Waals surface area (Å²) >= 11 is 1.74. The first-order valence-electron chi connectivity index (χ1n) is 5.22. The summed E-state index contributed by atoms with van der Waals surface area (Å²) in [4.78, 5) is 0. The van der Waals surface area contributed by atoms with E-state index in [0.717, 1.165) is 17.1 Å². The van der Waals surface area contributed by atoms with Gasteiger partial charge in [-0.25, -0.2) is 4.39 Å². The molecule has 1 aromatic rings. The van der Waals surface area contributed by atoms with E-state index < -0.39 is 0 Å². The lowest BCUT2D eigenvalue weighted by Gasteiger charge is -2.37. The fourth-order valence-electron chi connectivity index (χ4n) is 1.99. The highest BCUT2D eigenvalue weighted by atomic mass is 32.2. The van der Waals surface area contributed by atoms with E-state index in [1.807, 2.05) is 13.8 Å². The second-order valence-corrected chi connectivity index (χ2v) is 6.14. The molecule has 1 heterocycles. The molecule has 0 saturated heterocycles. The van der Waals surface area contributed by atoms with E-state index in [1.54, 1.807) is 24.9 Å². The van der Waals surface area contributed by atoms with E-state index in [1.165, 1.54) is 6.07 Å². The van der Waals surface area contributed by atoms with Gasteiger partial charge in [0.05, 0.1) is 7.11 Å². The number of rotatable bonds is 1. The van der Waals surface area contributed by atoms with Gasteiger partial charge in [-0.2, -0.15) is 0 Å². The molecule has 2 N–H and O–H groups in total. The Hall–Kier alpha value is -0.740. The molecule has 0 radical (unpaired) electrons.